The van der Waals surface area contributed by atoms with E-state index >= 15 is 0 Å². The van der Waals surface area contributed by atoms with Crippen molar-refractivity contribution < 1.29 is 19.1 Å². The van der Waals surface area contributed by atoms with Crippen LogP contribution in [-0.4, -0.2) is 42.5 Å². The number of rotatable bonds is 2. The molecule has 2 saturated heterocycles. The molecule has 2 aliphatic heterocycles. The first-order chi connectivity index (χ1) is 9.63. The first-order valence-corrected chi connectivity index (χ1v) is 7.39. The monoisotopic (exact) mass is 280 g/mol. The highest BCUT2D eigenvalue weighted by atomic mass is 16.5. The van der Waals surface area contributed by atoms with Gasteiger partial charge in [0, 0.05) is 19.1 Å². The summed E-state index contributed by atoms with van der Waals surface area (Å²) in [6.45, 7) is 1.62. The summed E-state index contributed by atoms with van der Waals surface area (Å²) in [4.78, 5) is 38.1. The summed E-state index contributed by atoms with van der Waals surface area (Å²) in [5.41, 5.74) is -0.994. The molecule has 0 aromatic rings. The van der Waals surface area contributed by atoms with Gasteiger partial charge in [-0.3, -0.25) is 19.8 Å². The molecule has 20 heavy (non-hydrogen) atoms. The molecule has 0 aromatic heterocycles. The minimum atomic E-state index is -0.994. The van der Waals surface area contributed by atoms with Crippen molar-refractivity contribution in [1.82, 2.24) is 10.2 Å². The maximum atomic E-state index is 12.7. The number of nitrogens with zero attached hydrogens (tertiary/aromatic N) is 1. The van der Waals surface area contributed by atoms with Crippen molar-refractivity contribution in [2.75, 3.05) is 19.8 Å². The zero-order valence-electron chi connectivity index (χ0n) is 11.5. The summed E-state index contributed by atoms with van der Waals surface area (Å²) >= 11 is 0. The second-order valence-electron chi connectivity index (χ2n) is 6.05. The quantitative estimate of drug-likeness (QED) is 0.767. The summed E-state index contributed by atoms with van der Waals surface area (Å²) in [5, 5.41) is 2.38. The Kier molecular flexibility index (Phi) is 3.50. The van der Waals surface area contributed by atoms with Crippen LogP contribution in [0.25, 0.3) is 0 Å². The van der Waals surface area contributed by atoms with Crippen LogP contribution < -0.4 is 5.32 Å². The molecule has 0 radical (unpaired) electrons. The van der Waals surface area contributed by atoms with Crippen LogP contribution in [0.2, 0.25) is 0 Å². The van der Waals surface area contributed by atoms with E-state index in [1.807, 2.05) is 0 Å². The van der Waals surface area contributed by atoms with Crippen LogP contribution in [0.4, 0.5) is 4.79 Å². The number of carbonyl (C=O) groups excluding carboxylic acids is 3. The third-order valence-electron chi connectivity index (χ3n) is 4.73. The molecule has 110 valence electrons. The van der Waals surface area contributed by atoms with Crippen LogP contribution in [0.3, 0.4) is 0 Å². The fourth-order valence-corrected chi connectivity index (χ4v) is 3.48. The number of carbonyl (C=O) groups is 3. The van der Waals surface area contributed by atoms with Crippen molar-refractivity contribution in [3.05, 3.63) is 0 Å². The summed E-state index contributed by atoms with van der Waals surface area (Å²) in [6.07, 6.45) is 4.76. The summed E-state index contributed by atoms with van der Waals surface area (Å²) in [5.74, 6) is -0.498. The van der Waals surface area contributed by atoms with Crippen molar-refractivity contribution in [3.63, 3.8) is 0 Å². The van der Waals surface area contributed by atoms with Gasteiger partial charge >= 0.3 is 6.03 Å². The predicted octanol–water partition coefficient (Wildman–Crippen LogP) is 1.05. The Labute approximate surface area is 117 Å². The molecule has 1 aliphatic carbocycles. The highest BCUT2D eigenvalue weighted by Gasteiger charge is 2.54. The SMILES string of the molecule is O=C1NC(=O)C2(CCCCC2)C(=O)N1CC1CCOC1. The molecule has 1 N–H and O–H groups in total. The molecule has 0 aromatic carbocycles. The molecular weight excluding hydrogens is 260 g/mol. The molecule has 3 fully saturated rings. The largest absolute Gasteiger partial charge is 0.381 e. The normalized spacial score (nSPS) is 29.9. The molecule has 1 unspecified atom stereocenters. The van der Waals surface area contributed by atoms with E-state index in [0.717, 1.165) is 25.7 Å². The number of hydrogen-bond donors (Lipinski definition) is 1. The molecule has 4 amide bonds. The molecule has 1 spiro atoms. The van der Waals surface area contributed by atoms with Crippen molar-refractivity contribution in [3.8, 4) is 0 Å². The van der Waals surface area contributed by atoms with Gasteiger partial charge in [-0.05, 0) is 19.3 Å². The van der Waals surface area contributed by atoms with Crippen molar-refractivity contribution in [2.24, 2.45) is 11.3 Å². The van der Waals surface area contributed by atoms with Crippen LogP contribution in [0.5, 0.6) is 0 Å². The molecule has 3 aliphatic rings. The number of barbiturate groups is 1. The van der Waals surface area contributed by atoms with E-state index < -0.39 is 17.4 Å². The average Bonchev–Trinajstić information content (AvgIpc) is 2.96. The number of ether oxygens (including phenoxy) is 1. The van der Waals surface area contributed by atoms with Gasteiger partial charge in [-0.2, -0.15) is 0 Å². The Bertz CT molecular complexity index is 436. The van der Waals surface area contributed by atoms with Gasteiger partial charge < -0.3 is 4.74 Å². The van der Waals surface area contributed by atoms with Gasteiger partial charge in [0.25, 0.3) is 0 Å². The third kappa shape index (κ3) is 2.12. The van der Waals surface area contributed by atoms with E-state index in [4.69, 9.17) is 4.74 Å². The first kappa shape index (κ1) is 13.5. The zero-order valence-corrected chi connectivity index (χ0v) is 11.5. The lowest BCUT2D eigenvalue weighted by Gasteiger charge is -2.41. The van der Waals surface area contributed by atoms with Gasteiger partial charge in [-0.25, -0.2) is 4.79 Å². The Balaban J connectivity index is 1.80. The summed E-state index contributed by atoms with van der Waals surface area (Å²) in [7, 11) is 0. The number of imide groups is 2. The van der Waals surface area contributed by atoms with Gasteiger partial charge in [-0.15, -0.1) is 0 Å². The Hall–Kier alpha value is -1.43. The van der Waals surface area contributed by atoms with E-state index in [-0.39, 0.29) is 11.8 Å². The van der Waals surface area contributed by atoms with Crippen molar-refractivity contribution >= 4 is 17.8 Å². The topological polar surface area (TPSA) is 75.7 Å². The number of urea groups is 1. The highest BCUT2D eigenvalue weighted by molar-refractivity contribution is 6.19. The lowest BCUT2D eigenvalue weighted by Crippen LogP contribution is -2.65. The molecule has 6 nitrogen and oxygen atoms in total. The molecule has 6 heteroatoms. The molecular formula is C14H20N2O4. The zero-order chi connectivity index (χ0) is 14.2. The second-order valence-corrected chi connectivity index (χ2v) is 6.05. The van der Waals surface area contributed by atoms with Gasteiger partial charge in [-0.1, -0.05) is 19.3 Å². The maximum Gasteiger partial charge on any atom is 0.330 e. The molecule has 3 rings (SSSR count). The fraction of sp³-hybridized carbons (Fsp3) is 0.786. The molecule has 1 atom stereocenters. The predicted molar refractivity (Wildman–Crippen MR) is 69.7 cm³/mol. The maximum absolute atomic E-state index is 12.7. The van der Waals surface area contributed by atoms with Crippen LogP contribution in [0.15, 0.2) is 0 Å². The van der Waals surface area contributed by atoms with Crippen LogP contribution in [0.1, 0.15) is 38.5 Å². The summed E-state index contributed by atoms with van der Waals surface area (Å²) < 4.78 is 5.29. The van der Waals surface area contributed by atoms with Crippen molar-refractivity contribution in [1.29, 1.82) is 0 Å². The highest BCUT2D eigenvalue weighted by Crippen LogP contribution is 2.40. The minimum Gasteiger partial charge on any atom is -0.381 e. The Morgan fingerprint density at radius 2 is 1.95 bits per heavy atom. The average molecular weight is 280 g/mol. The van der Waals surface area contributed by atoms with Gasteiger partial charge in [0.1, 0.15) is 5.41 Å². The number of nitrogens with one attached hydrogen (secondary N) is 1. The Morgan fingerprint density at radius 3 is 2.60 bits per heavy atom. The lowest BCUT2D eigenvalue weighted by atomic mass is 9.71. The van der Waals surface area contributed by atoms with Gasteiger partial charge in [0.05, 0.1) is 6.61 Å². The van der Waals surface area contributed by atoms with E-state index in [9.17, 15) is 14.4 Å². The number of amides is 4. The summed E-state index contributed by atoms with van der Waals surface area (Å²) in [6, 6.07) is -0.567. The van der Waals surface area contributed by atoms with Crippen LogP contribution in [-0.2, 0) is 14.3 Å². The lowest BCUT2D eigenvalue weighted by molar-refractivity contribution is -0.154. The Morgan fingerprint density at radius 1 is 1.20 bits per heavy atom. The molecule has 1 saturated carbocycles. The molecule has 2 heterocycles. The van der Waals surface area contributed by atoms with Crippen molar-refractivity contribution in [2.45, 2.75) is 38.5 Å². The molecule has 0 bridgehead atoms. The number of hydrogen-bond acceptors (Lipinski definition) is 4. The van der Waals surface area contributed by atoms with Gasteiger partial charge in [0.2, 0.25) is 11.8 Å². The van der Waals surface area contributed by atoms with Gasteiger partial charge in [0.15, 0.2) is 0 Å². The smallest absolute Gasteiger partial charge is 0.330 e. The minimum absolute atomic E-state index is 0.193. The first-order valence-electron chi connectivity index (χ1n) is 7.39. The second kappa shape index (κ2) is 5.16. The van der Waals surface area contributed by atoms with E-state index in [0.29, 0.717) is 32.6 Å². The van der Waals surface area contributed by atoms with E-state index in [1.165, 1.54) is 4.90 Å². The van der Waals surface area contributed by atoms with E-state index in [1.54, 1.807) is 0 Å². The van der Waals surface area contributed by atoms with Crippen LogP contribution in [0, 0.1) is 11.3 Å². The fourth-order valence-electron chi connectivity index (χ4n) is 3.48. The standard InChI is InChI=1S/C14H20N2O4/c17-11-14(5-2-1-3-6-14)12(18)16(13(19)15-11)8-10-4-7-20-9-10/h10H,1-9H2,(H,15,17,19). The van der Waals surface area contributed by atoms with Crippen LogP contribution >= 0.6 is 0 Å². The third-order valence-corrected chi connectivity index (χ3v) is 4.73. The van der Waals surface area contributed by atoms with E-state index in [2.05, 4.69) is 5.32 Å².